The lowest BCUT2D eigenvalue weighted by molar-refractivity contribution is -0.136. The van der Waals surface area contributed by atoms with Crippen molar-refractivity contribution in [2.24, 2.45) is 0 Å². The molecular weight excluding hydrogens is 484 g/mol. The van der Waals surface area contributed by atoms with Gasteiger partial charge in [-0.05, 0) is 52.6 Å². The Kier molecular flexibility index (Phi) is 7.33. The highest BCUT2D eigenvalue weighted by atomic mass is 35.5. The van der Waals surface area contributed by atoms with Crippen LogP contribution in [0.5, 0.6) is 5.75 Å². The van der Waals surface area contributed by atoms with Crippen LogP contribution in [0.2, 0.25) is 5.02 Å². The molecule has 0 unspecified atom stereocenters. The predicted molar refractivity (Wildman–Crippen MR) is 146 cm³/mol. The van der Waals surface area contributed by atoms with Gasteiger partial charge >= 0.3 is 5.97 Å². The van der Waals surface area contributed by atoms with E-state index in [1.54, 1.807) is 6.07 Å². The van der Waals surface area contributed by atoms with Crippen molar-refractivity contribution < 1.29 is 14.6 Å². The maximum atomic E-state index is 11.4. The second-order valence-corrected chi connectivity index (χ2v) is 9.18. The van der Waals surface area contributed by atoms with E-state index in [0.717, 1.165) is 27.9 Å². The Morgan fingerprint density at radius 1 is 0.811 bits per heavy atom. The molecule has 0 saturated carbocycles. The van der Waals surface area contributed by atoms with Crippen LogP contribution in [-0.4, -0.2) is 20.9 Å². The molecule has 0 atom stereocenters. The van der Waals surface area contributed by atoms with Crippen molar-refractivity contribution in [3.8, 4) is 28.3 Å². The third kappa shape index (κ3) is 6.08. The predicted octanol–water partition coefficient (Wildman–Crippen LogP) is 7.12. The molecule has 0 aliphatic rings. The number of halogens is 1. The Bertz CT molecular complexity index is 1510. The summed E-state index contributed by atoms with van der Waals surface area (Å²) in [6, 6.07) is 35.3. The number of ether oxygens (including phenoxy) is 1. The fraction of sp³-hybridized carbons (Fsp3) is 0.0968. The van der Waals surface area contributed by atoms with Gasteiger partial charge < -0.3 is 9.84 Å². The molecule has 6 heteroatoms. The van der Waals surface area contributed by atoms with Crippen LogP contribution in [0.1, 0.15) is 16.7 Å². The molecule has 0 spiro atoms. The van der Waals surface area contributed by atoms with Crippen molar-refractivity contribution in [1.29, 1.82) is 0 Å². The summed E-state index contributed by atoms with van der Waals surface area (Å²) in [4.78, 5) is 11.4. The highest BCUT2D eigenvalue weighted by Gasteiger charge is 2.17. The fourth-order valence-electron chi connectivity index (χ4n) is 4.24. The van der Waals surface area contributed by atoms with Crippen LogP contribution in [0.25, 0.3) is 22.5 Å². The number of aliphatic carboxylic acids is 1. The van der Waals surface area contributed by atoms with Crippen molar-refractivity contribution in [2.75, 3.05) is 0 Å². The first kappa shape index (κ1) is 24.3. The van der Waals surface area contributed by atoms with Crippen molar-refractivity contribution >= 4 is 17.6 Å². The summed E-state index contributed by atoms with van der Waals surface area (Å²) < 4.78 is 8.19. The van der Waals surface area contributed by atoms with Gasteiger partial charge in [0.25, 0.3) is 0 Å². The second kappa shape index (κ2) is 11.1. The average Bonchev–Trinajstić information content (AvgIpc) is 3.32. The molecule has 5 aromatic rings. The van der Waals surface area contributed by atoms with Gasteiger partial charge in [-0.2, -0.15) is 5.10 Å². The lowest BCUT2D eigenvalue weighted by atomic mass is 10.0. The van der Waals surface area contributed by atoms with Crippen LogP contribution >= 0.6 is 11.6 Å². The van der Waals surface area contributed by atoms with Crippen LogP contribution in [0.15, 0.2) is 109 Å². The first-order valence-electron chi connectivity index (χ1n) is 11.9. The monoisotopic (exact) mass is 508 g/mol. The Morgan fingerprint density at radius 2 is 1.54 bits per heavy atom. The van der Waals surface area contributed by atoms with E-state index in [0.29, 0.717) is 35.2 Å². The second-order valence-electron chi connectivity index (χ2n) is 8.74. The first-order chi connectivity index (χ1) is 18.0. The highest BCUT2D eigenvalue weighted by Crippen LogP contribution is 2.34. The largest absolute Gasteiger partial charge is 0.488 e. The standard InChI is InChI=1S/C31H25ClN2O3/c32-26-13-7-10-24(16-26)21-37-30-15-14-23(18-31(35)36)17-27(30)28-19-29(25-11-5-2-6-12-25)34(33-28)20-22-8-3-1-4-9-22/h1-17,19H,18,20-21H2,(H,35,36). The Labute approximate surface area is 220 Å². The van der Waals surface area contributed by atoms with Crippen LogP contribution < -0.4 is 4.74 Å². The third-order valence-corrected chi connectivity index (χ3v) is 6.22. The zero-order chi connectivity index (χ0) is 25.6. The number of hydrogen-bond donors (Lipinski definition) is 1. The van der Waals surface area contributed by atoms with E-state index in [4.69, 9.17) is 21.4 Å². The lowest BCUT2D eigenvalue weighted by Gasteiger charge is -2.12. The number of rotatable bonds is 9. The van der Waals surface area contributed by atoms with Crippen molar-refractivity contribution in [3.05, 3.63) is 131 Å². The van der Waals surface area contributed by atoms with Crippen molar-refractivity contribution in [2.45, 2.75) is 19.6 Å². The summed E-state index contributed by atoms with van der Waals surface area (Å²) in [6.45, 7) is 0.917. The molecular formula is C31H25ClN2O3. The zero-order valence-corrected chi connectivity index (χ0v) is 20.8. The normalized spacial score (nSPS) is 10.8. The fourth-order valence-corrected chi connectivity index (χ4v) is 4.46. The summed E-state index contributed by atoms with van der Waals surface area (Å²) >= 11 is 6.14. The molecule has 4 aromatic carbocycles. The van der Waals surface area contributed by atoms with Gasteiger partial charge in [0, 0.05) is 10.6 Å². The summed E-state index contributed by atoms with van der Waals surface area (Å²) in [6.07, 6.45) is -0.0855. The van der Waals surface area contributed by atoms with Gasteiger partial charge in [-0.25, -0.2) is 0 Å². The topological polar surface area (TPSA) is 64.3 Å². The number of hydrogen-bond acceptors (Lipinski definition) is 3. The smallest absolute Gasteiger partial charge is 0.307 e. The Morgan fingerprint density at radius 3 is 2.27 bits per heavy atom. The molecule has 0 amide bonds. The number of carboxylic acid groups (broad SMARTS) is 1. The Hall–Kier alpha value is -4.35. The van der Waals surface area contributed by atoms with Crippen LogP contribution in [0.4, 0.5) is 0 Å². The zero-order valence-electron chi connectivity index (χ0n) is 20.0. The molecule has 0 aliphatic heterocycles. The molecule has 37 heavy (non-hydrogen) atoms. The summed E-state index contributed by atoms with van der Waals surface area (Å²) in [5.74, 6) is -0.267. The van der Waals surface area contributed by atoms with Gasteiger partial charge in [-0.1, -0.05) is 90.5 Å². The summed E-state index contributed by atoms with van der Waals surface area (Å²) in [5.41, 5.74) is 6.20. The van der Waals surface area contributed by atoms with E-state index in [1.165, 1.54) is 0 Å². The van der Waals surface area contributed by atoms with Gasteiger partial charge in [0.15, 0.2) is 0 Å². The molecule has 0 fully saturated rings. The molecule has 184 valence electrons. The van der Waals surface area contributed by atoms with E-state index in [-0.39, 0.29) is 6.42 Å². The van der Waals surface area contributed by atoms with Gasteiger partial charge in [0.1, 0.15) is 12.4 Å². The summed E-state index contributed by atoms with van der Waals surface area (Å²) in [7, 11) is 0. The SMILES string of the molecule is O=C(O)Cc1ccc(OCc2cccc(Cl)c2)c(-c2cc(-c3ccccc3)n(Cc3ccccc3)n2)c1. The molecule has 0 bridgehead atoms. The van der Waals surface area contributed by atoms with Crippen LogP contribution in [-0.2, 0) is 24.4 Å². The van der Waals surface area contributed by atoms with Gasteiger partial charge in [-0.15, -0.1) is 0 Å². The number of carboxylic acids is 1. The molecule has 1 aromatic heterocycles. The maximum absolute atomic E-state index is 11.4. The molecule has 1 N–H and O–H groups in total. The molecule has 5 rings (SSSR count). The third-order valence-electron chi connectivity index (χ3n) is 5.98. The van der Waals surface area contributed by atoms with E-state index >= 15 is 0 Å². The van der Waals surface area contributed by atoms with E-state index in [2.05, 4.69) is 24.3 Å². The minimum absolute atomic E-state index is 0.0855. The molecule has 0 saturated heterocycles. The average molecular weight is 509 g/mol. The van der Waals surface area contributed by atoms with E-state index in [9.17, 15) is 9.90 Å². The minimum atomic E-state index is -0.891. The van der Waals surface area contributed by atoms with Crippen molar-refractivity contribution in [3.63, 3.8) is 0 Å². The lowest BCUT2D eigenvalue weighted by Crippen LogP contribution is -2.04. The first-order valence-corrected chi connectivity index (χ1v) is 12.3. The summed E-state index contributed by atoms with van der Waals surface area (Å²) in [5, 5.41) is 15.0. The van der Waals surface area contributed by atoms with Gasteiger partial charge in [-0.3, -0.25) is 9.48 Å². The van der Waals surface area contributed by atoms with Crippen molar-refractivity contribution in [1.82, 2.24) is 9.78 Å². The highest BCUT2D eigenvalue weighted by molar-refractivity contribution is 6.30. The van der Waals surface area contributed by atoms with Gasteiger partial charge in [0.05, 0.1) is 24.4 Å². The number of benzene rings is 4. The number of carbonyl (C=O) groups is 1. The number of aromatic nitrogens is 2. The molecule has 1 heterocycles. The van der Waals surface area contributed by atoms with Crippen LogP contribution in [0.3, 0.4) is 0 Å². The van der Waals surface area contributed by atoms with E-state index < -0.39 is 5.97 Å². The number of nitrogens with zero attached hydrogens (tertiary/aromatic N) is 2. The van der Waals surface area contributed by atoms with Gasteiger partial charge in [0.2, 0.25) is 0 Å². The van der Waals surface area contributed by atoms with E-state index in [1.807, 2.05) is 83.5 Å². The molecule has 0 radical (unpaired) electrons. The molecule has 5 nitrogen and oxygen atoms in total. The maximum Gasteiger partial charge on any atom is 0.307 e. The quantitative estimate of drug-likeness (QED) is 0.230. The molecule has 0 aliphatic carbocycles. The van der Waals surface area contributed by atoms with Crippen LogP contribution in [0, 0.1) is 0 Å². The minimum Gasteiger partial charge on any atom is -0.488 e. The Balaban J connectivity index is 1.57.